The minimum Gasteiger partial charge on any atom is -0.484 e. The molecule has 3 rings (SSSR count). The van der Waals surface area contributed by atoms with Gasteiger partial charge in [0.1, 0.15) is 11.4 Å². The van der Waals surface area contributed by atoms with Gasteiger partial charge in [-0.25, -0.2) is 9.78 Å². The molecule has 3 N–H and O–H groups in total. The molecule has 0 fully saturated rings. The number of esters is 1. The Kier molecular flexibility index (Phi) is 7.09. The molecule has 1 amide bonds. The van der Waals surface area contributed by atoms with E-state index in [9.17, 15) is 9.59 Å². The van der Waals surface area contributed by atoms with Crippen molar-refractivity contribution in [1.82, 2.24) is 9.55 Å². The highest BCUT2D eigenvalue weighted by molar-refractivity contribution is 6.11. The highest BCUT2D eigenvalue weighted by atomic mass is 16.5. The number of aromatic nitrogens is 2. The fourth-order valence-corrected chi connectivity index (χ4v) is 3.24. The first-order valence-corrected chi connectivity index (χ1v) is 9.86. The number of carbonyl (C=O) groups is 2. The first-order valence-electron chi connectivity index (χ1n) is 9.86. The van der Waals surface area contributed by atoms with Gasteiger partial charge < -0.3 is 29.8 Å². The van der Waals surface area contributed by atoms with Crippen molar-refractivity contribution in [3.8, 4) is 5.75 Å². The Balaban J connectivity index is 1.92. The van der Waals surface area contributed by atoms with E-state index in [1.807, 2.05) is 25.1 Å². The monoisotopic (exact) mass is 426 g/mol. The molecule has 0 saturated carbocycles. The first kappa shape index (κ1) is 22.1. The molecule has 0 aliphatic carbocycles. The molecule has 2 aromatic heterocycles. The lowest BCUT2D eigenvalue weighted by Gasteiger charge is -2.14. The molecular weight excluding hydrogens is 400 g/mol. The molecule has 9 heteroatoms. The molecule has 0 aliphatic rings. The molecule has 31 heavy (non-hydrogen) atoms. The van der Waals surface area contributed by atoms with Crippen molar-refractivity contribution < 1.29 is 24.2 Å². The molecule has 0 aliphatic heterocycles. The smallest absolute Gasteiger partial charge is 0.356 e. The Morgan fingerprint density at radius 1 is 1.26 bits per heavy atom. The van der Waals surface area contributed by atoms with Gasteiger partial charge in [0.15, 0.2) is 12.3 Å². The quantitative estimate of drug-likeness (QED) is 0.451. The molecule has 0 spiro atoms. The second-order valence-electron chi connectivity index (χ2n) is 7.08. The molecule has 1 aromatic carbocycles. The van der Waals surface area contributed by atoms with Crippen LogP contribution in [0.1, 0.15) is 23.8 Å². The van der Waals surface area contributed by atoms with Crippen molar-refractivity contribution in [2.45, 2.75) is 19.4 Å². The summed E-state index contributed by atoms with van der Waals surface area (Å²) in [6.45, 7) is 1.78. The van der Waals surface area contributed by atoms with Crippen LogP contribution in [0, 0.1) is 0 Å². The number of rotatable bonds is 9. The van der Waals surface area contributed by atoms with Crippen LogP contribution in [-0.4, -0.2) is 52.9 Å². The fourth-order valence-electron chi connectivity index (χ4n) is 3.24. The second kappa shape index (κ2) is 9.94. The number of nitrogens with zero attached hydrogens (tertiary/aromatic N) is 2. The number of anilines is 2. The number of carbonyl (C=O) groups excluding carboxylic acids is 2. The number of para-hydroxylation sites is 1. The number of aliphatic hydroxyl groups is 1. The second-order valence-corrected chi connectivity index (χ2v) is 7.08. The Morgan fingerprint density at radius 2 is 2.00 bits per heavy atom. The molecule has 0 radical (unpaired) electrons. The Labute approximate surface area is 180 Å². The summed E-state index contributed by atoms with van der Waals surface area (Å²) in [7, 11) is 2.96. The highest BCUT2D eigenvalue weighted by Gasteiger charge is 2.24. The van der Waals surface area contributed by atoms with E-state index in [-0.39, 0.29) is 24.9 Å². The number of fused-ring (bicyclic) bond motifs is 1. The number of pyridine rings is 1. The third kappa shape index (κ3) is 5.13. The average molecular weight is 426 g/mol. The summed E-state index contributed by atoms with van der Waals surface area (Å²) in [5.41, 5.74) is 1.70. The Morgan fingerprint density at radius 3 is 2.68 bits per heavy atom. The first-order chi connectivity index (χ1) is 14.9. The maximum atomic E-state index is 12.6. The van der Waals surface area contributed by atoms with Crippen molar-refractivity contribution in [3.63, 3.8) is 0 Å². The fraction of sp³-hybridized carbons (Fsp3) is 0.318. The molecule has 3 aromatic rings. The number of ether oxygens (including phenoxy) is 2. The molecule has 0 bridgehead atoms. The van der Waals surface area contributed by atoms with Crippen molar-refractivity contribution in [2.24, 2.45) is 7.05 Å². The number of nitrogens with one attached hydrogen (secondary N) is 2. The highest BCUT2D eigenvalue weighted by Crippen LogP contribution is 2.32. The van der Waals surface area contributed by atoms with Crippen molar-refractivity contribution in [3.05, 3.63) is 48.3 Å². The number of aliphatic hydroxyl groups excluding tert-OH is 1. The number of methoxy groups -OCH3 is 1. The summed E-state index contributed by atoms with van der Waals surface area (Å²) in [5.74, 6) is -0.453. The average Bonchev–Trinajstić information content (AvgIpc) is 3.03. The SMILES string of the molecule is COC(=O)c1c(NC(=O)COc2ccccc2)c2cc(NC(C)CCO)cnc2n1C. The third-order valence-electron chi connectivity index (χ3n) is 4.76. The summed E-state index contributed by atoms with van der Waals surface area (Å²) in [6.07, 6.45) is 2.21. The lowest BCUT2D eigenvalue weighted by Crippen LogP contribution is -2.22. The largest absolute Gasteiger partial charge is 0.484 e. The zero-order valence-electron chi connectivity index (χ0n) is 17.7. The van der Waals surface area contributed by atoms with Crippen LogP contribution in [0.4, 0.5) is 11.4 Å². The van der Waals surface area contributed by atoms with E-state index in [1.54, 1.807) is 36.0 Å². The number of hydrogen-bond donors (Lipinski definition) is 3. The Bertz CT molecular complexity index is 1060. The van der Waals surface area contributed by atoms with E-state index in [1.165, 1.54) is 7.11 Å². The maximum absolute atomic E-state index is 12.6. The standard InChI is InChI=1S/C22H26N4O5/c1-14(9-10-27)24-15-11-17-19(20(22(29)30-3)26(2)21(17)23-12-15)25-18(28)13-31-16-7-5-4-6-8-16/h4-8,11-12,14,24,27H,9-10,13H2,1-3H3,(H,25,28). The minimum absolute atomic E-state index is 0.0188. The van der Waals surface area contributed by atoms with E-state index < -0.39 is 11.9 Å². The molecular formula is C22H26N4O5. The van der Waals surface area contributed by atoms with Gasteiger partial charge in [0.2, 0.25) is 0 Å². The predicted octanol–water partition coefficient (Wildman–Crippen LogP) is 2.56. The molecule has 2 heterocycles. The van der Waals surface area contributed by atoms with Crippen LogP contribution in [0.2, 0.25) is 0 Å². The van der Waals surface area contributed by atoms with Crippen LogP contribution < -0.4 is 15.4 Å². The van der Waals surface area contributed by atoms with E-state index in [0.717, 1.165) is 0 Å². The molecule has 1 unspecified atom stereocenters. The lowest BCUT2D eigenvalue weighted by molar-refractivity contribution is -0.118. The summed E-state index contributed by atoms with van der Waals surface area (Å²) in [4.78, 5) is 29.5. The van der Waals surface area contributed by atoms with Gasteiger partial charge in [-0.3, -0.25) is 4.79 Å². The van der Waals surface area contributed by atoms with Gasteiger partial charge in [0.05, 0.1) is 24.7 Å². The maximum Gasteiger partial charge on any atom is 0.356 e. The summed E-state index contributed by atoms with van der Waals surface area (Å²) in [6, 6.07) is 10.8. The molecule has 9 nitrogen and oxygen atoms in total. The van der Waals surface area contributed by atoms with Crippen LogP contribution in [0.15, 0.2) is 42.6 Å². The van der Waals surface area contributed by atoms with Gasteiger partial charge in [0, 0.05) is 25.1 Å². The minimum atomic E-state index is -0.595. The number of benzene rings is 1. The molecule has 0 saturated heterocycles. The van der Waals surface area contributed by atoms with Gasteiger partial charge in [-0.2, -0.15) is 0 Å². The number of amides is 1. The normalized spacial score (nSPS) is 11.7. The van der Waals surface area contributed by atoms with E-state index in [0.29, 0.717) is 34.6 Å². The molecule has 1 atom stereocenters. The summed E-state index contributed by atoms with van der Waals surface area (Å²) >= 11 is 0. The summed E-state index contributed by atoms with van der Waals surface area (Å²) in [5, 5.41) is 15.7. The third-order valence-corrected chi connectivity index (χ3v) is 4.76. The molecule has 164 valence electrons. The van der Waals surface area contributed by atoms with Crippen LogP contribution in [0.5, 0.6) is 5.75 Å². The number of aryl methyl sites for hydroxylation is 1. The zero-order chi connectivity index (χ0) is 22.4. The van der Waals surface area contributed by atoms with Crippen molar-refractivity contribution >= 4 is 34.3 Å². The summed E-state index contributed by atoms with van der Waals surface area (Å²) < 4.78 is 12.0. The van der Waals surface area contributed by atoms with Crippen molar-refractivity contribution in [1.29, 1.82) is 0 Å². The Hall–Kier alpha value is -3.59. The number of hydrogen-bond acceptors (Lipinski definition) is 7. The van der Waals surface area contributed by atoms with Crippen LogP contribution in [0.25, 0.3) is 11.0 Å². The van der Waals surface area contributed by atoms with E-state index in [4.69, 9.17) is 14.6 Å². The van der Waals surface area contributed by atoms with E-state index in [2.05, 4.69) is 15.6 Å². The van der Waals surface area contributed by atoms with Crippen LogP contribution >= 0.6 is 0 Å². The van der Waals surface area contributed by atoms with Gasteiger partial charge >= 0.3 is 5.97 Å². The van der Waals surface area contributed by atoms with Crippen molar-refractivity contribution in [2.75, 3.05) is 31.0 Å². The van der Waals surface area contributed by atoms with Gasteiger partial charge in [-0.05, 0) is 31.5 Å². The van der Waals surface area contributed by atoms with Crippen LogP contribution in [0.3, 0.4) is 0 Å². The van der Waals surface area contributed by atoms with Gasteiger partial charge in [-0.15, -0.1) is 0 Å². The topological polar surface area (TPSA) is 115 Å². The van der Waals surface area contributed by atoms with E-state index >= 15 is 0 Å². The van der Waals surface area contributed by atoms with Gasteiger partial charge in [-0.1, -0.05) is 18.2 Å². The predicted molar refractivity (Wildman–Crippen MR) is 117 cm³/mol. The zero-order valence-corrected chi connectivity index (χ0v) is 17.7. The lowest BCUT2D eigenvalue weighted by atomic mass is 10.2. The van der Waals surface area contributed by atoms with Crippen LogP contribution in [-0.2, 0) is 16.6 Å². The van der Waals surface area contributed by atoms with Gasteiger partial charge in [0.25, 0.3) is 5.91 Å².